The lowest BCUT2D eigenvalue weighted by atomic mass is 9.71. The van der Waals surface area contributed by atoms with Gasteiger partial charge in [0.2, 0.25) is 0 Å². The number of ether oxygens (including phenoxy) is 4. The van der Waals surface area contributed by atoms with Gasteiger partial charge >= 0.3 is 5.97 Å². The molecule has 10 atom stereocenters. The van der Waals surface area contributed by atoms with E-state index in [1.165, 1.54) is 0 Å². The number of rotatable bonds is 1. The van der Waals surface area contributed by atoms with E-state index in [9.17, 15) is 19.8 Å². The third-order valence-electron chi connectivity index (χ3n) is 9.47. The molecule has 0 aromatic heterocycles. The fourth-order valence-electron chi connectivity index (χ4n) is 7.11. The van der Waals surface area contributed by atoms with Gasteiger partial charge in [0.15, 0.2) is 11.6 Å². The van der Waals surface area contributed by atoms with Gasteiger partial charge in [0.1, 0.15) is 29.8 Å². The van der Waals surface area contributed by atoms with Gasteiger partial charge in [-0.1, -0.05) is 51.2 Å². The molecule has 1 spiro atoms. The second-order valence-electron chi connectivity index (χ2n) is 12.5. The molecule has 8 nitrogen and oxygen atoms in total. The van der Waals surface area contributed by atoms with Crippen molar-refractivity contribution >= 4 is 11.8 Å². The summed E-state index contributed by atoms with van der Waals surface area (Å²) in [5, 5.41) is 22.9. The zero-order valence-corrected chi connectivity index (χ0v) is 24.3. The first kappa shape index (κ1) is 29.4. The van der Waals surface area contributed by atoms with Gasteiger partial charge in [-0.05, 0) is 55.2 Å². The van der Waals surface area contributed by atoms with Crippen molar-refractivity contribution in [2.45, 2.75) is 115 Å². The van der Waals surface area contributed by atoms with Gasteiger partial charge in [0.05, 0.1) is 18.8 Å². The molecular formula is C32H44O8. The highest BCUT2D eigenvalue weighted by atomic mass is 16.7. The smallest absolute Gasteiger partial charge is 0.316 e. The van der Waals surface area contributed by atoms with Crippen molar-refractivity contribution in [2.24, 2.45) is 17.8 Å². The average molecular weight is 557 g/mol. The van der Waals surface area contributed by atoms with E-state index in [2.05, 4.69) is 13.8 Å². The number of Topliss-reactive ketones (excluding diaryl/α,β-unsaturated/α-hetero) is 1. The number of hydrogen-bond donors (Lipinski definition) is 2. The number of carbonyl (C=O) groups excluding carboxylic acids is 2. The van der Waals surface area contributed by atoms with Gasteiger partial charge in [0.25, 0.3) is 0 Å². The summed E-state index contributed by atoms with van der Waals surface area (Å²) < 4.78 is 25.1. The summed E-state index contributed by atoms with van der Waals surface area (Å²) in [5.74, 6) is -2.23. The SMILES string of the molecule is CC[C@H]1O[C@]2(CC[C@@H]1C)C[C@@H]1C[C@@H](CC(=O)/C(C)=C/[C@@H](C)/C=C/C=C3\CO[C@@H]4[C@H](O)C(C)=C[C@@H](C(=O)O1)[C@]34O)O2. The van der Waals surface area contributed by atoms with E-state index in [0.29, 0.717) is 41.9 Å². The number of hydrogen-bond acceptors (Lipinski definition) is 8. The van der Waals surface area contributed by atoms with E-state index < -0.39 is 47.7 Å². The summed E-state index contributed by atoms with van der Waals surface area (Å²) in [5.41, 5.74) is -0.0303. The molecule has 2 bridgehead atoms. The van der Waals surface area contributed by atoms with Crippen LogP contribution in [0.3, 0.4) is 0 Å². The van der Waals surface area contributed by atoms with E-state index >= 15 is 0 Å². The predicted molar refractivity (Wildman–Crippen MR) is 148 cm³/mol. The molecule has 4 aliphatic heterocycles. The van der Waals surface area contributed by atoms with Crippen LogP contribution < -0.4 is 0 Å². The van der Waals surface area contributed by atoms with Crippen LogP contribution in [0.1, 0.15) is 73.1 Å². The molecule has 40 heavy (non-hydrogen) atoms. The molecule has 0 saturated carbocycles. The van der Waals surface area contributed by atoms with E-state index in [1.807, 2.05) is 26.0 Å². The second-order valence-corrected chi connectivity index (χ2v) is 12.5. The normalized spacial score (nSPS) is 47.8. The zero-order chi connectivity index (χ0) is 28.8. The molecule has 0 unspecified atom stereocenters. The molecule has 2 N–H and O–H groups in total. The summed E-state index contributed by atoms with van der Waals surface area (Å²) in [6.45, 7) is 9.88. The summed E-state index contributed by atoms with van der Waals surface area (Å²) in [6.07, 6.45) is 9.27. The highest BCUT2D eigenvalue weighted by Gasteiger charge is 2.60. The maximum Gasteiger partial charge on any atom is 0.316 e. The fraction of sp³-hybridized carbons (Fsp3) is 0.688. The highest BCUT2D eigenvalue weighted by Crippen LogP contribution is 2.47. The van der Waals surface area contributed by atoms with Crippen molar-refractivity contribution in [1.29, 1.82) is 0 Å². The first-order chi connectivity index (χ1) is 19.0. The second kappa shape index (κ2) is 11.3. The van der Waals surface area contributed by atoms with Crippen LogP contribution in [0.15, 0.2) is 47.1 Å². The van der Waals surface area contributed by atoms with Gasteiger partial charge in [-0.15, -0.1) is 0 Å². The molecule has 1 aliphatic carbocycles. The van der Waals surface area contributed by atoms with E-state index in [4.69, 9.17) is 18.9 Å². The Hall–Kier alpha value is -2.10. The maximum absolute atomic E-state index is 13.9. The predicted octanol–water partition coefficient (Wildman–Crippen LogP) is 4.10. The molecule has 3 fully saturated rings. The summed E-state index contributed by atoms with van der Waals surface area (Å²) in [6, 6.07) is 0. The summed E-state index contributed by atoms with van der Waals surface area (Å²) in [4.78, 5) is 27.1. The van der Waals surface area contributed by atoms with Crippen LogP contribution in [0.5, 0.6) is 0 Å². The Labute approximate surface area is 237 Å². The maximum atomic E-state index is 13.9. The first-order valence-electron chi connectivity index (χ1n) is 14.8. The van der Waals surface area contributed by atoms with Crippen molar-refractivity contribution in [3.05, 3.63) is 47.1 Å². The minimum absolute atomic E-state index is 0.00437. The van der Waals surface area contributed by atoms with Crippen molar-refractivity contribution < 1.29 is 38.7 Å². The Morgan fingerprint density at radius 3 is 2.62 bits per heavy atom. The van der Waals surface area contributed by atoms with Crippen LogP contribution in [0.4, 0.5) is 0 Å². The number of ketones is 1. The zero-order valence-electron chi connectivity index (χ0n) is 24.3. The van der Waals surface area contributed by atoms with Crippen LogP contribution in [0.2, 0.25) is 0 Å². The van der Waals surface area contributed by atoms with E-state index in [1.54, 1.807) is 25.2 Å². The van der Waals surface area contributed by atoms with Crippen LogP contribution in [0.25, 0.3) is 0 Å². The van der Waals surface area contributed by atoms with Crippen LogP contribution in [-0.2, 0) is 28.5 Å². The Morgan fingerprint density at radius 1 is 1.10 bits per heavy atom. The van der Waals surface area contributed by atoms with Gasteiger partial charge < -0.3 is 29.2 Å². The molecular weight excluding hydrogens is 512 g/mol. The topological polar surface area (TPSA) is 112 Å². The monoisotopic (exact) mass is 556 g/mol. The number of carbonyl (C=O) groups is 2. The Balaban J connectivity index is 1.54. The van der Waals surface area contributed by atoms with E-state index in [0.717, 1.165) is 12.8 Å². The van der Waals surface area contributed by atoms with Crippen LogP contribution in [-0.4, -0.2) is 70.5 Å². The van der Waals surface area contributed by atoms with Gasteiger partial charge in [0, 0.05) is 25.7 Å². The quantitative estimate of drug-likeness (QED) is 0.367. The molecule has 4 heterocycles. The Kier molecular flexibility index (Phi) is 8.30. The Bertz CT molecular complexity index is 1140. The standard InChI is InChI=1S/C32H44O8/c1-6-27-19(3)10-11-31(40-27)16-24-14-23(39-31)15-26(33)20(4)12-18(2)8-7-9-22-17-37-29-28(34)21(5)13-25(30(35)38-24)32(22,29)36/h7-9,12-13,18-19,23-25,27-29,34,36H,6,10-11,14-17H2,1-5H3/b8-7+,20-12+,22-9+/t18-,19-,23-,24-,25-,27+,28+,29+,31+,32+/m0/s1. The summed E-state index contributed by atoms with van der Waals surface area (Å²) >= 11 is 0. The molecule has 5 rings (SSSR count). The molecule has 5 aliphatic rings. The third kappa shape index (κ3) is 5.41. The van der Waals surface area contributed by atoms with E-state index in [-0.39, 0.29) is 30.8 Å². The van der Waals surface area contributed by atoms with Crippen LogP contribution in [0, 0.1) is 17.8 Å². The largest absolute Gasteiger partial charge is 0.462 e. The van der Waals surface area contributed by atoms with Crippen LogP contribution >= 0.6 is 0 Å². The van der Waals surface area contributed by atoms with Crippen molar-refractivity contribution in [3.8, 4) is 0 Å². The summed E-state index contributed by atoms with van der Waals surface area (Å²) in [7, 11) is 0. The molecule has 3 saturated heterocycles. The molecule has 0 aromatic rings. The van der Waals surface area contributed by atoms with Crippen molar-refractivity contribution in [1.82, 2.24) is 0 Å². The number of allylic oxidation sites excluding steroid dienone is 5. The van der Waals surface area contributed by atoms with Crippen molar-refractivity contribution in [3.63, 3.8) is 0 Å². The molecule has 220 valence electrons. The minimum atomic E-state index is -1.74. The number of esters is 1. The van der Waals surface area contributed by atoms with Crippen molar-refractivity contribution in [2.75, 3.05) is 6.61 Å². The van der Waals surface area contributed by atoms with Gasteiger partial charge in [-0.2, -0.15) is 0 Å². The third-order valence-corrected chi connectivity index (χ3v) is 9.47. The molecule has 8 heteroatoms. The number of aliphatic hydroxyl groups is 2. The van der Waals surface area contributed by atoms with Gasteiger partial charge in [-0.25, -0.2) is 0 Å². The number of aliphatic hydroxyl groups excluding tert-OH is 1. The Morgan fingerprint density at radius 2 is 1.88 bits per heavy atom. The minimum Gasteiger partial charge on any atom is -0.462 e. The fourth-order valence-corrected chi connectivity index (χ4v) is 7.11. The highest BCUT2D eigenvalue weighted by molar-refractivity contribution is 5.95. The first-order valence-corrected chi connectivity index (χ1v) is 14.8. The number of fused-ring (bicyclic) bond motifs is 2. The molecule has 0 radical (unpaired) electrons. The molecule has 0 aromatic carbocycles. The lowest BCUT2D eigenvalue weighted by molar-refractivity contribution is -0.335. The van der Waals surface area contributed by atoms with Gasteiger partial charge in [-0.3, -0.25) is 9.59 Å². The average Bonchev–Trinajstić information content (AvgIpc) is 3.24. The lowest BCUT2D eigenvalue weighted by Crippen LogP contribution is -2.58. The lowest BCUT2D eigenvalue weighted by Gasteiger charge is -2.49. The molecule has 0 amide bonds.